The maximum absolute atomic E-state index is 5.12. The van der Waals surface area contributed by atoms with Gasteiger partial charge in [-0.1, -0.05) is 25.0 Å². The Morgan fingerprint density at radius 2 is 1.83 bits per heavy atom. The summed E-state index contributed by atoms with van der Waals surface area (Å²) in [4.78, 5) is 0. The fourth-order valence-electron chi connectivity index (χ4n) is 1.56. The van der Waals surface area contributed by atoms with Gasteiger partial charge in [0.1, 0.15) is 5.75 Å². The van der Waals surface area contributed by atoms with E-state index in [4.69, 9.17) is 4.74 Å². The van der Waals surface area contributed by atoms with E-state index in [1.807, 2.05) is 23.9 Å². The van der Waals surface area contributed by atoms with Crippen molar-refractivity contribution in [3.63, 3.8) is 0 Å². The highest BCUT2D eigenvalue weighted by Gasteiger charge is 1.91. The fraction of sp³-hybridized carbons (Fsp3) is 0.467. The van der Waals surface area contributed by atoms with Gasteiger partial charge in [-0.3, -0.25) is 0 Å². The standard InChI is InChI=1S/C15H22OS2/c1-16-15-8-6-14(7-9-15)10-13-18-12-5-3-2-4-11-17/h6-10,13,17H,2-5,11-12H2,1H3/b13-10+. The van der Waals surface area contributed by atoms with Crippen LogP contribution in [0.25, 0.3) is 6.08 Å². The first-order valence-corrected chi connectivity index (χ1v) is 8.08. The molecule has 0 radical (unpaired) electrons. The van der Waals surface area contributed by atoms with Gasteiger partial charge in [0, 0.05) is 0 Å². The number of hydrogen-bond donors (Lipinski definition) is 1. The van der Waals surface area contributed by atoms with Gasteiger partial charge in [0.25, 0.3) is 0 Å². The molecule has 100 valence electrons. The Balaban J connectivity index is 2.12. The monoisotopic (exact) mass is 282 g/mol. The number of rotatable bonds is 9. The Bertz CT molecular complexity index is 333. The zero-order valence-electron chi connectivity index (χ0n) is 11.0. The molecule has 0 amide bonds. The van der Waals surface area contributed by atoms with Gasteiger partial charge in [0.2, 0.25) is 0 Å². The molecular weight excluding hydrogens is 260 g/mol. The van der Waals surface area contributed by atoms with E-state index in [0.29, 0.717) is 0 Å². The van der Waals surface area contributed by atoms with Gasteiger partial charge in [-0.2, -0.15) is 12.6 Å². The summed E-state index contributed by atoms with van der Waals surface area (Å²) in [5, 5.41) is 2.18. The van der Waals surface area contributed by atoms with Crippen LogP contribution in [0.5, 0.6) is 5.75 Å². The molecule has 0 bridgehead atoms. The van der Waals surface area contributed by atoms with Crippen LogP contribution in [0.3, 0.4) is 0 Å². The van der Waals surface area contributed by atoms with Crippen molar-refractivity contribution in [2.75, 3.05) is 18.6 Å². The van der Waals surface area contributed by atoms with E-state index in [1.54, 1.807) is 7.11 Å². The molecule has 0 unspecified atom stereocenters. The van der Waals surface area contributed by atoms with E-state index in [0.717, 1.165) is 11.5 Å². The molecule has 1 aromatic rings. The quantitative estimate of drug-likeness (QED) is 0.510. The summed E-state index contributed by atoms with van der Waals surface area (Å²) in [6.45, 7) is 0. The molecule has 0 aromatic heterocycles. The average Bonchev–Trinajstić information content (AvgIpc) is 2.42. The van der Waals surface area contributed by atoms with Crippen LogP contribution in [-0.4, -0.2) is 18.6 Å². The Labute approximate surface area is 120 Å². The van der Waals surface area contributed by atoms with Crippen LogP contribution in [0.2, 0.25) is 0 Å². The maximum atomic E-state index is 5.12. The highest BCUT2D eigenvalue weighted by atomic mass is 32.2. The minimum absolute atomic E-state index is 0.906. The van der Waals surface area contributed by atoms with Crippen LogP contribution < -0.4 is 4.74 Å². The van der Waals surface area contributed by atoms with E-state index in [1.165, 1.54) is 37.0 Å². The Kier molecular flexibility index (Phi) is 8.96. The van der Waals surface area contributed by atoms with Gasteiger partial charge in [0.05, 0.1) is 7.11 Å². The summed E-state index contributed by atoms with van der Waals surface area (Å²) in [5.74, 6) is 3.13. The van der Waals surface area contributed by atoms with Crippen molar-refractivity contribution in [2.24, 2.45) is 0 Å². The second kappa shape index (κ2) is 10.4. The van der Waals surface area contributed by atoms with Crippen LogP contribution in [0, 0.1) is 0 Å². The summed E-state index contributed by atoms with van der Waals surface area (Å²) < 4.78 is 5.12. The molecule has 0 aliphatic heterocycles. The van der Waals surface area contributed by atoms with Crippen LogP contribution in [-0.2, 0) is 0 Å². The normalized spacial score (nSPS) is 11.0. The number of hydrogen-bond acceptors (Lipinski definition) is 3. The van der Waals surface area contributed by atoms with Crippen LogP contribution in [0.1, 0.15) is 31.2 Å². The first-order valence-electron chi connectivity index (χ1n) is 6.40. The van der Waals surface area contributed by atoms with Crippen LogP contribution >= 0.6 is 24.4 Å². The first-order chi connectivity index (χ1) is 8.86. The third kappa shape index (κ3) is 7.02. The van der Waals surface area contributed by atoms with Gasteiger partial charge in [-0.15, -0.1) is 11.8 Å². The number of thioether (sulfide) groups is 1. The third-order valence-electron chi connectivity index (χ3n) is 2.64. The molecule has 18 heavy (non-hydrogen) atoms. The molecule has 1 nitrogen and oxygen atoms in total. The molecule has 1 rings (SSSR count). The number of benzene rings is 1. The summed E-state index contributed by atoms with van der Waals surface area (Å²) >= 11 is 6.09. The molecule has 0 spiro atoms. The second-order valence-electron chi connectivity index (χ2n) is 4.08. The lowest BCUT2D eigenvalue weighted by Gasteiger charge is -1.99. The van der Waals surface area contributed by atoms with E-state index < -0.39 is 0 Å². The molecule has 0 N–H and O–H groups in total. The molecule has 0 saturated carbocycles. The second-order valence-corrected chi connectivity index (χ2v) is 5.55. The largest absolute Gasteiger partial charge is 0.497 e. The number of ether oxygens (including phenoxy) is 1. The average molecular weight is 282 g/mol. The zero-order valence-corrected chi connectivity index (χ0v) is 12.7. The van der Waals surface area contributed by atoms with Crippen LogP contribution in [0.4, 0.5) is 0 Å². The summed E-state index contributed by atoms with van der Waals surface area (Å²) in [6, 6.07) is 8.12. The molecule has 0 heterocycles. The van der Waals surface area contributed by atoms with Crippen LogP contribution in [0.15, 0.2) is 29.7 Å². The van der Waals surface area contributed by atoms with Gasteiger partial charge in [-0.25, -0.2) is 0 Å². The van der Waals surface area contributed by atoms with Crippen molar-refractivity contribution >= 4 is 30.5 Å². The van der Waals surface area contributed by atoms with Gasteiger partial charge < -0.3 is 4.74 Å². The highest BCUT2D eigenvalue weighted by Crippen LogP contribution is 2.15. The predicted molar refractivity (Wildman–Crippen MR) is 86.8 cm³/mol. The number of methoxy groups -OCH3 is 1. The SMILES string of the molecule is COc1ccc(/C=C/SCCCCCCS)cc1. The minimum atomic E-state index is 0.906. The molecule has 0 aliphatic carbocycles. The third-order valence-corrected chi connectivity index (χ3v) is 3.81. The molecule has 0 atom stereocenters. The minimum Gasteiger partial charge on any atom is -0.497 e. The predicted octanol–water partition coefficient (Wildman–Crippen LogP) is 4.89. The number of unbranched alkanes of at least 4 members (excludes halogenated alkanes) is 3. The lowest BCUT2D eigenvalue weighted by molar-refractivity contribution is 0.415. The molecule has 3 heteroatoms. The summed E-state index contributed by atoms with van der Waals surface area (Å²) in [7, 11) is 1.69. The van der Waals surface area contributed by atoms with Crippen molar-refractivity contribution in [1.29, 1.82) is 0 Å². The highest BCUT2D eigenvalue weighted by molar-refractivity contribution is 8.02. The first kappa shape index (κ1) is 15.5. The summed E-state index contributed by atoms with van der Waals surface area (Å²) in [6.07, 6.45) is 7.33. The van der Waals surface area contributed by atoms with Crippen molar-refractivity contribution in [1.82, 2.24) is 0 Å². The molecule has 0 fully saturated rings. The van der Waals surface area contributed by atoms with E-state index >= 15 is 0 Å². The van der Waals surface area contributed by atoms with E-state index in [2.05, 4.69) is 36.2 Å². The maximum Gasteiger partial charge on any atom is 0.118 e. The molecular formula is C15H22OS2. The smallest absolute Gasteiger partial charge is 0.118 e. The van der Waals surface area contributed by atoms with E-state index in [9.17, 15) is 0 Å². The Morgan fingerprint density at radius 3 is 2.50 bits per heavy atom. The molecule has 1 aromatic carbocycles. The van der Waals surface area contributed by atoms with Gasteiger partial charge >= 0.3 is 0 Å². The fourth-order valence-corrected chi connectivity index (χ4v) is 2.54. The van der Waals surface area contributed by atoms with Gasteiger partial charge in [-0.05, 0) is 53.5 Å². The summed E-state index contributed by atoms with van der Waals surface area (Å²) in [5.41, 5.74) is 1.22. The number of thiol groups is 1. The lowest BCUT2D eigenvalue weighted by Crippen LogP contribution is -1.82. The molecule has 0 aliphatic rings. The van der Waals surface area contributed by atoms with Crippen molar-refractivity contribution in [3.05, 3.63) is 35.2 Å². The van der Waals surface area contributed by atoms with E-state index in [-0.39, 0.29) is 0 Å². The van der Waals surface area contributed by atoms with Crippen molar-refractivity contribution < 1.29 is 4.74 Å². The Hall–Kier alpha value is -0.540. The van der Waals surface area contributed by atoms with Crippen molar-refractivity contribution in [2.45, 2.75) is 25.7 Å². The molecule has 0 saturated heterocycles. The topological polar surface area (TPSA) is 9.23 Å². The zero-order chi connectivity index (χ0) is 13.1. The van der Waals surface area contributed by atoms with Crippen molar-refractivity contribution in [3.8, 4) is 5.75 Å². The van der Waals surface area contributed by atoms with Gasteiger partial charge in [0.15, 0.2) is 0 Å². The lowest BCUT2D eigenvalue weighted by atomic mass is 10.2. The Morgan fingerprint density at radius 1 is 1.11 bits per heavy atom.